The molecule has 3 N–H and O–H groups in total. The van der Waals surface area contributed by atoms with Crippen LogP contribution in [0.5, 0.6) is 0 Å². The summed E-state index contributed by atoms with van der Waals surface area (Å²) in [5.41, 5.74) is 5.92. The maximum Gasteiger partial charge on any atom is 0.135 e. The Bertz CT molecular complexity index is 515. The number of hydrogen-bond acceptors (Lipinski definition) is 2. The van der Waals surface area contributed by atoms with E-state index >= 15 is 0 Å². The van der Waals surface area contributed by atoms with Crippen molar-refractivity contribution in [2.75, 3.05) is 0 Å². The zero-order valence-electron chi connectivity index (χ0n) is 10.1. The van der Waals surface area contributed by atoms with Gasteiger partial charge in [-0.25, -0.2) is 13.8 Å². The summed E-state index contributed by atoms with van der Waals surface area (Å²) in [6, 6.07) is 3.85. The van der Waals surface area contributed by atoms with E-state index in [-0.39, 0.29) is 11.6 Å². The molecule has 2 rings (SSSR count). The lowest BCUT2D eigenvalue weighted by Crippen LogP contribution is -2.15. The Morgan fingerprint density at radius 3 is 2.61 bits per heavy atom. The smallest absolute Gasteiger partial charge is 0.135 e. The van der Waals surface area contributed by atoms with E-state index in [1.807, 2.05) is 6.92 Å². The zero-order valence-corrected chi connectivity index (χ0v) is 10.1. The highest BCUT2D eigenvalue weighted by Gasteiger charge is 2.13. The predicted molar refractivity (Wildman–Crippen MR) is 65.9 cm³/mol. The van der Waals surface area contributed by atoms with Crippen molar-refractivity contribution in [1.82, 2.24) is 9.97 Å². The fraction of sp³-hybridized carbons (Fsp3) is 0.308. The molecule has 0 saturated heterocycles. The van der Waals surface area contributed by atoms with Gasteiger partial charge in [0.25, 0.3) is 0 Å². The third-order valence-electron chi connectivity index (χ3n) is 2.70. The Balaban J connectivity index is 2.24. The third-order valence-corrected chi connectivity index (χ3v) is 2.70. The maximum absolute atomic E-state index is 13.6. The minimum absolute atomic E-state index is 0.0722. The molecule has 0 fully saturated rings. The van der Waals surface area contributed by atoms with Crippen LogP contribution in [-0.2, 0) is 6.42 Å². The molecule has 0 saturated carbocycles. The number of hydrogen-bond donors (Lipinski definition) is 2. The Morgan fingerprint density at radius 1 is 1.33 bits per heavy atom. The van der Waals surface area contributed by atoms with Gasteiger partial charge in [0.15, 0.2) is 0 Å². The number of nitrogens with zero attached hydrogens (tertiary/aromatic N) is 1. The van der Waals surface area contributed by atoms with Crippen LogP contribution in [-0.4, -0.2) is 16.0 Å². The molecule has 5 heteroatoms. The summed E-state index contributed by atoms with van der Waals surface area (Å²) in [6.45, 7) is 1.90. The number of benzene rings is 1. The van der Waals surface area contributed by atoms with E-state index in [0.717, 1.165) is 6.42 Å². The first-order chi connectivity index (χ1) is 8.58. The van der Waals surface area contributed by atoms with Gasteiger partial charge < -0.3 is 10.7 Å². The average molecular weight is 251 g/mol. The molecule has 18 heavy (non-hydrogen) atoms. The molecule has 1 aromatic carbocycles. The van der Waals surface area contributed by atoms with Crippen molar-refractivity contribution in [1.29, 1.82) is 0 Å². The second-order valence-corrected chi connectivity index (χ2v) is 4.36. The van der Waals surface area contributed by atoms with Gasteiger partial charge in [-0.05, 0) is 25.5 Å². The first-order valence-electron chi connectivity index (χ1n) is 5.81. The SMILES string of the molecule is CC(N)CCc1ncc(-c2c(F)cccc2F)[nH]1. The average Bonchev–Trinajstić information content (AvgIpc) is 2.75. The van der Waals surface area contributed by atoms with Gasteiger partial charge in [-0.15, -0.1) is 0 Å². The van der Waals surface area contributed by atoms with Gasteiger partial charge in [-0.1, -0.05) is 6.07 Å². The van der Waals surface area contributed by atoms with Crippen LogP contribution in [0.2, 0.25) is 0 Å². The molecule has 0 bridgehead atoms. The van der Waals surface area contributed by atoms with Gasteiger partial charge in [-0.3, -0.25) is 0 Å². The van der Waals surface area contributed by atoms with Crippen LogP contribution in [0.3, 0.4) is 0 Å². The van der Waals surface area contributed by atoms with Crippen molar-refractivity contribution >= 4 is 0 Å². The Labute approximate surface area is 104 Å². The lowest BCUT2D eigenvalue weighted by molar-refractivity contribution is 0.588. The number of imidazole rings is 1. The van der Waals surface area contributed by atoms with E-state index < -0.39 is 11.6 Å². The zero-order chi connectivity index (χ0) is 13.1. The number of aromatic amines is 1. The van der Waals surface area contributed by atoms with Gasteiger partial charge in [0, 0.05) is 12.5 Å². The molecule has 1 aromatic heterocycles. The number of nitrogens with one attached hydrogen (secondary N) is 1. The van der Waals surface area contributed by atoms with Gasteiger partial charge >= 0.3 is 0 Å². The highest BCUT2D eigenvalue weighted by molar-refractivity contribution is 5.60. The summed E-state index contributed by atoms with van der Waals surface area (Å²) in [5.74, 6) is -0.514. The first-order valence-corrected chi connectivity index (χ1v) is 5.81. The Kier molecular flexibility index (Phi) is 3.72. The number of halogens is 2. The Morgan fingerprint density at radius 2 is 2.00 bits per heavy atom. The van der Waals surface area contributed by atoms with E-state index in [9.17, 15) is 8.78 Å². The molecule has 3 nitrogen and oxygen atoms in total. The van der Waals surface area contributed by atoms with Crippen molar-refractivity contribution in [3.05, 3.63) is 41.9 Å². The molecule has 2 aromatic rings. The van der Waals surface area contributed by atoms with Gasteiger partial charge in [0.2, 0.25) is 0 Å². The van der Waals surface area contributed by atoms with E-state index in [1.54, 1.807) is 0 Å². The van der Waals surface area contributed by atoms with Crippen molar-refractivity contribution in [2.45, 2.75) is 25.8 Å². The summed E-state index contributed by atoms with van der Waals surface area (Å²) in [4.78, 5) is 7.02. The largest absolute Gasteiger partial charge is 0.342 e. The molecule has 0 aliphatic heterocycles. The minimum Gasteiger partial charge on any atom is -0.342 e. The second kappa shape index (κ2) is 5.27. The number of rotatable bonds is 4. The van der Waals surface area contributed by atoms with Gasteiger partial charge in [-0.2, -0.15) is 0 Å². The van der Waals surface area contributed by atoms with Crippen LogP contribution in [0, 0.1) is 11.6 Å². The van der Waals surface area contributed by atoms with Crippen LogP contribution < -0.4 is 5.73 Å². The molecule has 1 heterocycles. The topological polar surface area (TPSA) is 54.7 Å². The fourth-order valence-corrected chi connectivity index (χ4v) is 1.74. The van der Waals surface area contributed by atoms with Crippen LogP contribution >= 0.6 is 0 Å². The lowest BCUT2D eigenvalue weighted by Gasteiger charge is -2.03. The minimum atomic E-state index is -0.600. The molecular formula is C13H15F2N3. The number of H-pyrrole nitrogens is 1. The molecule has 0 spiro atoms. The van der Waals surface area contributed by atoms with Crippen molar-refractivity contribution in [3.63, 3.8) is 0 Å². The number of aromatic nitrogens is 2. The summed E-state index contributed by atoms with van der Waals surface area (Å²) in [5, 5.41) is 0. The van der Waals surface area contributed by atoms with Gasteiger partial charge in [0.05, 0.1) is 17.5 Å². The molecule has 0 aliphatic rings. The monoisotopic (exact) mass is 251 g/mol. The first kappa shape index (κ1) is 12.7. The second-order valence-electron chi connectivity index (χ2n) is 4.36. The van der Waals surface area contributed by atoms with Crippen molar-refractivity contribution in [2.24, 2.45) is 5.73 Å². The molecule has 0 amide bonds. The Hall–Kier alpha value is -1.75. The number of aryl methyl sites for hydroxylation is 1. The molecule has 1 atom stereocenters. The standard InChI is InChI=1S/C13H15F2N3/c1-8(16)5-6-12-17-7-11(18-12)13-9(14)3-2-4-10(13)15/h2-4,7-8H,5-6,16H2,1H3,(H,17,18). The molecular weight excluding hydrogens is 236 g/mol. The van der Waals surface area contributed by atoms with Crippen LogP contribution in [0.4, 0.5) is 8.78 Å². The maximum atomic E-state index is 13.6. The summed E-state index contributed by atoms with van der Waals surface area (Å²) >= 11 is 0. The summed E-state index contributed by atoms with van der Waals surface area (Å²) < 4.78 is 27.1. The van der Waals surface area contributed by atoms with Crippen LogP contribution in [0.15, 0.2) is 24.4 Å². The van der Waals surface area contributed by atoms with E-state index in [4.69, 9.17) is 5.73 Å². The number of nitrogens with two attached hydrogens (primary N) is 1. The van der Waals surface area contributed by atoms with Crippen molar-refractivity contribution < 1.29 is 8.78 Å². The summed E-state index contributed by atoms with van der Waals surface area (Å²) in [7, 11) is 0. The van der Waals surface area contributed by atoms with Gasteiger partial charge in [0.1, 0.15) is 17.5 Å². The summed E-state index contributed by atoms with van der Waals surface area (Å²) in [6.07, 6.45) is 2.87. The van der Waals surface area contributed by atoms with E-state index in [2.05, 4.69) is 9.97 Å². The van der Waals surface area contributed by atoms with Crippen LogP contribution in [0.25, 0.3) is 11.3 Å². The van der Waals surface area contributed by atoms with E-state index in [0.29, 0.717) is 17.9 Å². The quantitative estimate of drug-likeness (QED) is 0.877. The van der Waals surface area contributed by atoms with E-state index in [1.165, 1.54) is 24.4 Å². The predicted octanol–water partition coefficient (Wildman–Crippen LogP) is 2.63. The molecule has 96 valence electrons. The normalized spacial score (nSPS) is 12.7. The molecule has 1 unspecified atom stereocenters. The third kappa shape index (κ3) is 2.73. The highest BCUT2D eigenvalue weighted by Crippen LogP contribution is 2.24. The van der Waals surface area contributed by atoms with Crippen molar-refractivity contribution in [3.8, 4) is 11.3 Å². The lowest BCUT2D eigenvalue weighted by atomic mass is 10.1. The molecule has 0 aliphatic carbocycles. The van der Waals surface area contributed by atoms with Crippen LogP contribution in [0.1, 0.15) is 19.2 Å². The highest BCUT2D eigenvalue weighted by atomic mass is 19.1. The fourth-order valence-electron chi connectivity index (χ4n) is 1.74. The molecule has 0 radical (unpaired) electrons.